The molecule has 4 rings (SSSR count). The van der Waals surface area contributed by atoms with Crippen molar-refractivity contribution in [3.63, 3.8) is 0 Å². The van der Waals surface area contributed by atoms with Crippen molar-refractivity contribution < 1.29 is 18.3 Å². The van der Waals surface area contributed by atoms with Crippen LogP contribution in [0.2, 0.25) is 0 Å². The average molecular weight is 437 g/mol. The van der Waals surface area contributed by atoms with E-state index in [2.05, 4.69) is 20.0 Å². The minimum absolute atomic E-state index is 0.0391. The molecule has 10 heteroatoms. The number of hydrogen-bond acceptors (Lipinski definition) is 6. The van der Waals surface area contributed by atoms with Crippen LogP contribution < -0.4 is 15.6 Å². The van der Waals surface area contributed by atoms with Crippen LogP contribution in [0.15, 0.2) is 34.2 Å². The van der Waals surface area contributed by atoms with Gasteiger partial charge in [-0.05, 0) is 43.4 Å². The third-order valence-electron chi connectivity index (χ3n) is 4.52. The van der Waals surface area contributed by atoms with Gasteiger partial charge in [0.2, 0.25) is 5.91 Å². The fourth-order valence-corrected chi connectivity index (χ4v) is 5.28. The van der Waals surface area contributed by atoms with Crippen molar-refractivity contribution >= 4 is 44.9 Å². The number of para-hydroxylation sites is 2. The number of thiophene rings is 1. The van der Waals surface area contributed by atoms with Crippen LogP contribution in [0.3, 0.4) is 0 Å². The number of H-pyrrole nitrogens is 1. The Hall–Kier alpha value is -2.46. The molecule has 0 saturated carbocycles. The zero-order valence-corrected chi connectivity index (χ0v) is 16.8. The molecule has 0 spiro atoms. The van der Waals surface area contributed by atoms with Gasteiger partial charge in [-0.15, -0.1) is 11.3 Å². The quantitative estimate of drug-likeness (QED) is 0.446. The van der Waals surface area contributed by atoms with Crippen molar-refractivity contribution in [3.05, 3.63) is 45.1 Å². The molecule has 1 aliphatic carbocycles. The molecule has 0 fully saturated rings. The number of carbonyl (C=O) groups is 1. The largest absolute Gasteiger partial charge is 0.433 e. The summed E-state index contributed by atoms with van der Waals surface area (Å²) in [5, 5.41) is 3.56. The Kier molecular flexibility index (Phi) is 5.81. The molecule has 1 aromatic carbocycles. The lowest BCUT2D eigenvalue weighted by Gasteiger charge is -2.11. The van der Waals surface area contributed by atoms with E-state index in [0.29, 0.717) is 15.4 Å². The SMILES string of the molecule is O=C(CSc1nc2sc3c(c2c(=O)[nH]1)CCCC3)Nc1ccccc1OC(F)F. The Morgan fingerprint density at radius 1 is 1.31 bits per heavy atom. The highest BCUT2D eigenvalue weighted by Gasteiger charge is 2.20. The number of fused-ring (bicyclic) bond motifs is 3. The predicted octanol–water partition coefficient (Wildman–Crippen LogP) is 4.20. The third kappa shape index (κ3) is 4.43. The van der Waals surface area contributed by atoms with Gasteiger partial charge in [0.05, 0.1) is 16.8 Å². The van der Waals surface area contributed by atoms with Gasteiger partial charge in [-0.25, -0.2) is 4.98 Å². The lowest BCUT2D eigenvalue weighted by molar-refractivity contribution is -0.113. The fourth-order valence-electron chi connectivity index (χ4n) is 3.30. The van der Waals surface area contributed by atoms with Crippen molar-refractivity contribution in [2.24, 2.45) is 0 Å². The van der Waals surface area contributed by atoms with Gasteiger partial charge in [0, 0.05) is 4.88 Å². The van der Waals surface area contributed by atoms with Crippen LogP contribution in [0.25, 0.3) is 10.2 Å². The van der Waals surface area contributed by atoms with E-state index < -0.39 is 12.5 Å². The Labute approximate surface area is 172 Å². The third-order valence-corrected chi connectivity index (χ3v) is 6.58. The Bertz CT molecular complexity index is 1110. The normalized spacial score (nSPS) is 13.5. The van der Waals surface area contributed by atoms with Crippen molar-refractivity contribution in [1.29, 1.82) is 0 Å². The second kappa shape index (κ2) is 8.50. The van der Waals surface area contributed by atoms with Gasteiger partial charge < -0.3 is 15.0 Å². The summed E-state index contributed by atoms with van der Waals surface area (Å²) in [6.07, 6.45) is 4.07. The molecule has 2 N–H and O–H groups in total. The van der Waals surface area contributed by atoms with E-state index in [4.69, 9.17) is 0 Å². The van der Waals surface area contributed by atoms with E-state index in [1.54, 1.807) is 6.07 Å². The summed E-state index contributed by atoms with van der Waals surface area (Å²) in [6.45, 7) is -2.99. The topological polar surface area (TPSA) is 84.1 Å². The molecule has 0 saturated heterocycles. The van der Waals surface area contributed by atoms with Gasteiger partial charge in [-0.1, -0.05) is 23.9 Å². The molecule has 0 bridgehead atoms. The maximum atomic E-state index is 12.5. The monoisotopic (exact) mass is 437 g/mol. The van der Waals surface area contributed by atoms with Crippen molar-refractivity contribution in [2.45, 2.75) is 37.5 Å². The number of anilines is 1. The van der Waals surface area contributed by atoms with Crippen LogP contribution in [-0.2, 0) is 17.6 Å². The molecule has 2 aromatic heterocycles. The zero-order valence-electron chi connectivity index (χ0n) is 15.2. The first-order chi connectivity index (χ1) is 14.0. The van der Waals surface area contributed by atoms with Crippen LogP contribution in [0.4, 0.5) is 14.5 Å². The van der Waals surface area contributed by atoms with Gasteiger partial charge in [-0.2, -0.15) is 8.78 Å². The van der Waals surface area contributed by atoms with Crippen LogP contribution in [0.5, 0.6) is 5.75 Å². The van der Waals surface area contributed by atoms with E-state index >= 15 is 0 Å². The number of aryl methyl sites for hydroxylation is 2. The number of aromatic amines is 1. The number of nitrogens with one attached hydrogen (secondary N) is 2. The predicted molar refractivity (Wildman–Crippen MR) is 109 cm³/mol. The summed E-state index contributed by atoms with van der Waals surface area (Å²) in [5.74, 6) is -0.575. The molecule has 1 amide bonds. The lowest BCUT2D eigenvalue weighted by Crippen LogP contribution is -2.17. The van der Waals surface area contributed by atoms with Crippen LogP contribution in [0.1, 0.15) is 23.3 Å². The molecular weight excluding hydrogens is 420 g/mol. The Morgan fingerprint density at radius 3 is 2.93 bits per heavy atom. The van der Waals surface area contributed by atoms with Crippen molar-refractivity contribution in [1.82, 2.24) is 9.97 Å². The second-order valence-electron chi connectivity index (χ2n) is 6.47. The van der Waals surface area contributed by atoms with Crippen molar-refractivity contribution in [3.8, 4) is 5.75 Å². The van der Waals surface area contributed by atoms with Crippen LogP contribution in [-0.4, -0.2) is 28.2 Å². The lowest BCUT2D eigenvalue weighted by atomic mass is 9.97. The Morgan fingerprint density at radius 2 is 2.10 bits per heavy atom. The molecule has 6 nitrogen and oxygen atoms in total. The van der Waals surface area contributed by atoms with Gasteiger partial charge in [0.15, 0.2) is 5.16 Å². The molecule has 0 unspecified atom stereocenters. The van der Waals surface area contributed by atoms with Crippen LogP contribution >= 0.6 is 23.1 Å². The summed E-state index contributed by atoms with van der Waals surface area (Å²) < 4.78 is 29.4. The maximum absolute atomic E-state index is 12.5. The van der Waals surface area contributed by atoms with Gasteiger partial charge in [0.25, 0.3) is 5.56 Å². The first kappa shape index (κ1) is 19.8. The number of hydrogen-bond donors (Lipinski definition) is 2. The standard InChI is InChI=1S/C19H17F2N3O3S2/c20-18(21)27-12-7-3-2-6-11(12)22-14(25)9-28-19-23-16(26)15-10-5-1-4-8-13(10)29-17(15)24-19/h2-3,6-7,18H,1,4-5,8-9H2,(H,22,25)(H,23,24,26). The smallest absolute Gasteiger partial charge is 0.387 e. The number of benzene rings is 1. The molecule has 1 aliphatic rings. The summed E-state index contributed by atoms with van der Waals surface area (Å²) in [7, 11) is 0. The van der Waals surface area contributed by atoms with E-state index in [9.17, 15) is 18.4 Å². The minimum atomic E-state index is -2.99. The molecule has 2 heterocycles. The molecule has 29 heavy (non-hydrogen) atoms. The minimum Gasteiger partial charge on any atom is -0.433 e. The number of thioether (sulfide) groups is 1. The number of amides is 1. The highest BCUT2D eigenvalue weighted by molar-refractivity contribution is 7.99. The van der Waals surface area contributed by atoms with Crippen molar-refractivity contribution in [2.75, 3.05) is 11.1 Å². The number of aromatic nitrogens is 2. The van der Waals surface area contributed by atoms with E-state index in [1.165, 1.54) is 34.4 Å². The van der Waals surface area contributed by atoms with Crippen LogP contribution in [0, 0.1) is 0 Å². The van der Waals surface area contributed by atoms with E-state index in [1.807, 2.05) is 0 Å². The molecular formula is C19H17F2N3O3S2. The number of halogens is 2. The highest BCUT2D eigenvalue weighted by Crippen LogP contribution is 2.34. The fraction of sp³-hybridized carbons (Fsp3) is 0.316. The van der Waals surface area contributed by atoms with E-state index in [-0.39, 0.29) is 22.7 Å². The highest BCUT2D eigenvalue weighted by atomic mass is 32.2. The summed E-state index contributed by atoms with van der Waals surface area (Å²) in [5.41, 5.74) is 1.07. The molecule has 0 atom stereocenters. The second-order valence-corrected chi connectivity index (χ2v) is 8.52. The zero-order chi connectivity index (χ0) is 20.4. The van der Waals surface area contributed by atoms with Gasteiger partial charge >= 0.3 is 6.61 Å². The summed E-state index contributed by atoms with van der Waals surface area (Å²) >= 11 is 2.62. The van der Waals surface area contributed by atoms with Gasteiger partial charge in [-0.3, -0.25) is 9.59 Å². The van der Waals surface area contributed by atoms with E-state index in [0.717, 1.165) is 43.0 Å². The number of nitrogens with zero attached hydrogens (tertiary/aromatic N) is 1. The Balaban J connectivity index is 1.46. The number of carbonyl (C=O) groups excluding carboxylic acids is 1. The molecule has 3 aromatic rings. The number of rotatable bonds is 6. The first-order valence-electron chi connectivity index (χ1n) is 9.02. The molecule has 152 valence electrons. The molecule has 0 radical (unpaired) electrons. The first-order valence-corrected chi connectivity index (χ1v) is 10.8. The molecule has 0 aliphatic heterocycles. The number of ether oxygens (including phenoxy) is 1. The maximum Gasteiger partial charge on any atom is 0.387 e. The van der Waals surface area contributed by atoms with Gasteiger partial charge in [0.1, 0.15) is 10.6 Å². The average Bonchev–Trinajstić information content (AvgIpc) is 3.06. The summed E-state index contributed by atoms with van der Waals surface area (Å²) in [6, 6.07) is 5.96. The number of alkyl halides is 2. The summed E-state index contributed by atoms with van der Waals surface area (Å²) in [4.78, 5) is 33.9.